The summed E-state index contributed by atoms with van der Waals surface area (Å²) in [7, 11) is 3.28. The quantitative estimate of drug-likeness (QED) is 0.836. The van der Waals surface area contributed by atoms with E-state index >= 15 is 0 Å². The molecule has 1 unspecified atom stereocenters. The Kier molecular flexibility index (Phi) is 4.72. The number of carbonyl (C=O) groups is 1. The van der Waals surface area contributed by atoms with Crippen molar-refractivity contribution in [2.75, 3.05) is 32.2 Å². The fourth-order valence-electron chi connectivity index (χ4n) is 2.23. The molecule has 1 aromatic carbocycles. The van der Waals surface area contributed by atoms with E-state index in [-0.39, 0.29) is 12.3 Å². The Morgan fingerprint density at radius 2 is 2.14 bits per heavy atom. The molecule has 0 aliphatic heterocycles. The van der Waals surface area contributed by atoms with Crippen LogP contribution in [0.1, 0.15) is 10.5 Å². The maximum Gasteiger partial charge on any atom is 0.354 e. The number of hydrogen-bond acceptors (Lipinski definition) is 5. The number of likely N-dealkylation sites (N-methyl/N-ethyl adjacent to an activating group) is 1. The van der Waals surface area contributed by atoms with Crippen molar-refractivity contribution < 1.29 is 19.7 Å². The van der Waals surface area contributed by atoms with Gasteiger partial charge in [-0.3, -0.25) is 0 Å². The number of aliphatic hydroxyl groups is 1. The van der Waals surface area contributed by atoms with E-state index in [1.807, 2.05) is 24.3 Å². The first-order chi connectivity index (χ1) is 10.0. The van der Waals surface area contributed by atoms with E-state index in [0.29, 0.717) is 12.4 Å². The summed E-state index contributed by atoms with van der Waals surface area (Å²) in [4.78, 5) is 17.1. The molecule has 1 atom stereocenters. The van der Waals surface area contributed by atoms with E-state index in [1.165, 1.54) is 7.11 Å². The normalized spacial score (nSPS) is 12.3. The van der Waals surface area contributed by atoms with Crippen molar-refractivity contribution in [1.82, 2.24) is 4.98 Å². The van der Waals surface area contributed by atoms with Crippen molar-refractivity contribution in [3.63, 3.8) is 0 Å². The standard InChI is InChI=1S/C15H18N2O4/c1-17(8-11(18)9-21-2)14-12-6-4-3-5-10(12)7-13(16-14)15(19)20/h3-7,11,18H,8-9H2,1-2H3,(H,19,20). The molecule has 6 nitrogen and oxygen atoms in total. The van der Waals surface area contributed by atoms with Crippen LogP contribution in [-0.4, -0.2) is 54.6 Å². The number of fused-ring (bicyclic) bond motifs is 1. The molecule has 0 saturated carbocycles. The van der Waals surface area contributed by atoms with Crippen LogP contribution >= 0.6 is 0 Å². The number of aromatic nitrogens is 1. The average molecular weight is 290 g/mol. The SMILES string of the molecule is COCC(O)CN(C)c1nc(C(=O)O)cc2ccccc12. The van der Waals surface area contributed by atoms with Crippen LogP contribution in [0, 0.1) is 0 Å². The number of rotatable bonds is 6. The lowest BCUT2D eigenvalue weighted by Crippen LogP contribution is -2.32. The third-order valence-electron chi connectivity index (χ3n) is 3.14. The number of benzene rings is 1. The van der Waals surface area contributed by atoms with Crippen LogP contribution in [0.15, 0.2) is 30.3 Å². The second-order valence-electron chi connectivity index (χ2n) is 4.85. The van der Waals surface area contributed by atoms with Crippen LogP contribution in [0.4, 0.5) is 5.82 Å². The molecule has 6 heteroatoms. The van der Waals surface area contributed by atoms with Gasteiger partial charge in [0, 0.05) is 26.1 Å². The molecule has 2 aromatic rings. The zero-order valence-electron chi connectivity index (χ0n) is 12.0. The zero-order chi connectivity index (χ0) is 15.4. The molecule has 2 rings (SSSR count). The Labute approximate surface area is 122 Å². The van der Waals surface area contributed by atoms with Crippen LogP contribution < -0.4 is 4.90 Å². The molecule has 0 radical (unpaired) electrons. The minimum atomic E-state index is -1.08. The molecule has 0 aliphatic rings. The number of aromatic carboxylic acids is 1. The summed E-state index contributed by atoms with van der Waals surface area (Å²) in [5.74, 6) is -0.548. The van der Waals surface area contributed by atoms with Gasteiger partial charge < -0.3 is 19.8 Å². The number of nitrogens with zero attached hydrogens (tertiary/aromatic N) is 2. The molecule has 21 heavy (non-hydrogen) atoms. The predicted octanol–water partition coefficient (Wildman–Crippen LogP) is 1.38. The van der Waals surface area contributed by atoms with Gasteiger partial charge in [-0.1, -0.05) is 24.3 Å². The van der Waals surface area contributed by atoms with Crippen molar-refractivity contribution in [2.24, 2.45) is 0 Å². The van der Waals surface area contributed by atoms with Gasteiger partial charge in [-0.15, -0.1) is 0 Å². The van der Waals surface area contributed by atoms with Gasteiger partial charge >= 0.3 is 5.97 Å². The lowest BCUT2D eigenvalue weighted by Gasteiger charge is -2.23. The van der Waals surface area contributed by atoms with E-state index in [1.54, 1.807) is 18.0 Å². The van der Waals surface area contributed by atoms with Gasteiger partial charge in [0.25, 0.3) is 0 Å². The van der Waals surface area contributed by atoms with Crippen LogP contribution in [0.25, 0.3) is 10.8 Å². The number of ether oxygens (including phenoxy) is 1. The van der Waals surface area contributed by atoms with Crippen LogP contribution in [0.2, 0.25) is 0 Å². The third-order valence-corrected chi connectivity index (χ3v) is 3.14. The molecule has 0 spiro atoms. The lowest BCUT2D eigenvalue weighted by atomic mass is 10.1. The summed E-state index contributed by atoms with van der Waals surface area (Å²) in [6.45, 7) is 0.509. The number of hydrogen-bond donors (Lipinski definition) is 2. The Hall–Kier alpha value is -2.18. The Morgan fingerprint density at radius 3 is 2.81 bits per heavy atom. The number of pyridine rings is 1. The highest BCUT2D eigenvalue weighted by Gasteiger charge is 2.16. The molecule has 1 heterocycles. The van der Waals surface area contributed by atoms with Gasteiger partial charge in [0.15, 0.2) is 5.69 Å². The van der Waals surface area contributed by atoms with E-state index in [2.05, 4.69) is 4.98 Å². The van der Waals surface area contributed by atoms with E-state index < -0.39 is 12.1 Å². The van der Waals surface area contributed by atoms with Gasteiger partial charge in [0.05, 0.1) is 12.7 Å². The van der Waals surface area contributed by atoms with Crippen molar-refractivity contribution in [1.29, 1.82) is 0 Å². The molecular formula is C15H18N2O4. The monoisotopic (exact) mass is 290 g/mol. The minimum Gasteiger partial charge on any atom is -0.477 e. The van der Waals surface area contributed by atoms with Crippen molar-refractivity contribution >= 4 is 22.6 Å². The van der Waals surface area contributed by atoms with Gasteiger partial charge in [0.2, 0.25) is 0 Å². The minimum absolute atomic E-state index is 0.0169. The highest BCUT2D eigenvalue weighted by Crippen LogP contribution is 2.25. The van der Waals surface area contributed by atoms with E-state index in [4.69, 9.17) is 9.84 Å². The summed E-state index contributed by atoms with van der Waals surface area (Å²) in [6, 6.07) is 8.97. The van der Waals surface area contributed by atoms with Crippen LogP contribution in [-0.2, 0) is 4.74 Å². The molecular weight excluding hydrogens is 272 g/mol. The summed E-state index contributed by atoms with van der Waals surface area (Å²) in [5, 5.41) is 20.6. The highest BCUT2D eigenvalue weighted by molar-refractivity contribution is 5.97. The van der Waals surface area contributed by atoms with Crippen LogP contribution in [0.3, 0.4) is 0 Å². The summed E-state index contributed by atoms with van der Waals surface area (Å²) >= 11 is 0. The van der Waals surface area contributed by atoms with Gasteiger partial charge in [-0.2, -0.15) is 0 Å². The number of anilines is 1. The lowest BCUT2D eigenvalue weighted by molar-refractivity contribution is 0.0689. The molecule has 2 N–H and O–H groups in total. The fourth-order valence-corrected chi connectivity index (χ4v) is 2.23. The topological polar surface area (TPSA) is 82.9 Å². The van der Waals surface area contributed by atoms with Gasteiger partial charge in [-0.05, 0) is 11.5 Å². The Balaban J connectivity index is 2.43. The molecule has 1 aromatic heterocycles. The second-order valence-corrected chi connectivity index (χ2v) is 4.85. The maximum absolute atomic E-state index is 11.2. The second kappa shape index (κ2) is 6.51. The van der Waals surface area contributed by atoms with Crippen molar-refractivity contribution in [2.45, 2.75) is 6.10 Å². The summed E-state index contributed by atoms with van der Waals surface area (Å²) < 4.78 is 4.90. The average Bonchev–Trinajstić information content (AvgIpc) is 2.46. The Bertz CT molecular complexity index is 645. The van der Waals surface area contributed by atoms with E-state index in [0.717, 1.165) is 10.8 Å². The first kappa shape index (κ1) is 15.2. The fraction of sp³-hybridized carbons (Fsp3) is 0.333. The smallest absolute Gasteiger partial charge is 0.354 e. The molecule has 112 valence electrons. The van der Waals surface area contributed by atoms with Crippen molar-refractivity contribution in [3.05, 3.63) is 36.0 Å². The number of carboxylic acids is 1. The molecule has 0 saturated heterocycles. The largest absolute Gasteiger partial charge is 0.477 e. The predicted molar refractivity (Wildman–Crippen MR) is 79.9 cm³/mol. The molecule has 0 fully saturated rings. The Morgan fingerprint density at radius 1 is 1.43 bits per heavy atom. The van der Waals surface area contributed by atoms with E-state index in [9.17, 15) is 9.90 Å². The highest BCUT2D eigenvalue weighted by atomic mass is 16.5. The number of methoxy groups -OCH3 is 1. The maximum atomic E-state index is 11.2. The third kappa shape index (κ3) is 3.48. The first-order valence-electron chi connectivity index (χ1n) is 6.54. The van der Waals surface area contributed by atoms with Gasteiger partial charge in [-0.25, -0.2) is 9.78 Å². The summed E-state index contributed by atoms with van der Waals surface area (Å²) in [5.41, 5.74) is -0.0169. The summed E-state index contributed by atoms with van der Waals surface area (Å²) in [6.07, 6.45) is -0.672. The van der Waals surface area contributed by atoms with Gasteiger partial charge in [0.1, 0.15) is 5.82 Å². The number of aliphatic hydroxyl groups excluding tert-OH is 1. The molecule has 0 amide bonds. The first-order valence-corrected chi connectivity index (χ1v) is 6.54. The molecule has 0 aliphatic carbocycles. The van der Waals surface area contributed by atoms with Crippen molar-refractivity contribution in [3.8, 4) is 0 Å². The van der Waals surface area contributed by atoms with Crippen LogP contribution in [0.5, 0.6) is 0 Å². The zero-order valence-corrected chi connectivity index (χ0v) is 12.0. The molecule has 0 bridgehead atoms. The number of carboxylic acid groups (broad SMARTS) is 1.